The number of nitrogens with zero attached hydrogens (tertiary/aromatic N) is 1. The zero-order chi connectivity index (χ0) is 27.9. The molecule has 2 amide bonds. The number of rotatable bonds is 16. The van der Waals surface area contributed by atoms with Gasteiger partial charge in [0.25, 0.3) is 0 Å². The van der Waals surface area contributed by atoms with Gasteiger partial charge in [-0.25, -0.2) is 0 Å². The van der Waals surface area contributed by atoms with E-state index in [-0.39, 0.29) is 23.8 Å². The lowest BCUT2D eigenvalue weighted by atomic mass is 9.99. The first kappa shape index (κ1) is 30.8. The Morgan fingerprint density at radius 3 is 2.08 bits per heavy atom. The lowest BCUT2D eigenvalue weighted by Gasteiger charge is -2.25. The van der Waals surface area contributed by atoms with Crippen molar-refractivity contribution >= 4 is 17.8 Å². The smallest absolute Gasteiger partial charge is 0.242 e. The molecule has 8 nitrogen and oxygen atoms in total. The van der Waals surface area contributed by atoms with E-state index in [4.69, 9.17) is 11.5 Å². The number of aliphatic imine (C=N–C) groups is 1. The van der Waals surface area contributed by atoms with Crippen LogP contribution in [-0.2, 0) is 16.0 Å². The fourth-order valence-corrected chi connectivity index (χ4v) is 4.22. The van der Waals surface area contributed by atoms with Gasteiger partial charge < -0.3 is 27.4 Å². The van der Waals surface area contributed by atoms with Gasteiger partial charge >= 0.3 is 0 Å². The van der Waals surface area contributed by atoms with Crippen molar-refractivity contribution < 1.29 is 9.59 Å². The second kappa shape index (κ2) is 16.5. The Kier molecular flexibility index (Phi) is 13.3. The molecular formula is C30H46N6O2. The summed E-state index contributed by atoms with van der Waals surface area (Å²) in [5, 5.41) is 9.35. The maximum Gasteiger partial charge on any atom is 0.242 e. The number of carbonyl (C=O) groups is 2. The van der Waals surface area contributed by atoms with E-state index >= 15 is 0 Å². The predicted octanol–water partition coefficient (Wildman–Crippen LogP) is 3.35. The monoisotopic (exact) mass is 522 g/mol. The summed E-state index contributed by atoms with van der Waals surface area (Å²) in [6.07, 6.45) is 3.46. The molecule has 8 heteroatoms. The lowest BCUT2D eigenvalue weighted by Crippen LogP contribution is -2.54. The molecular weight excluding hydrogens is 476 g/mol. The first-order valence-electron chi connectivity index (χ1n) is 13.7. The normalized spacial score (nSPS) is 12.7. The minimum atomic E-state index is -0.660. The number of benzene rings is 2. The highest BCUT2D eigenvalue weighted by Crippen LogP contribution is 2.20. The summed E-state index contributed by atoms with van der Waals surface area (Å²) in [5.74, 6) is 0.215. The molecule has 0 bridgehead atoms. The molecule has 0 aromatic heterocycles. The molecule has 0 heterocycles. The maximum absolute atomic E-state index is 13.4. The van der Waals surface area contributed by atoms with Gasteiger partial charge in [0.05, 0.1) is 6.04 Å². The topological polar surface area (TPSA) is 135 Å². The average Bonchev–Trinajstić information content (AvgIpc) is 2.88. The van der Waals surface area contributed by atoms with Crippen LogP contribution in [0.2, 0.25) is 0 Å². The van der Waals surface area contributed by atoms with Crippen LogP contribution in [0.1, 0.15) is 58.9 Å². The van der Waals surface area contributed by atoms with E-state index in [9.17, 15) is 9.59 Å². The van der Waals surface area contributed by atoms with Crippen LogP contribution < -0.4 is 27.4 Å². The van der Waals surface area contributed by atoms with E-state index in [1.807, 2.05) is 32.0 Å². The van der Waals surface area contributed by atoms with E-state index in [0.29, 0.717) is 38.3 Å². The van der Waals surface area contributed by atoms with E-state index in [1.54, 1.807) is 0 Å². The molecule has 208 valence electrons. The minimum absolute atomic E-state index is 0.0169. The summed E-state index contributed by atoms with van der Waals surface area (Å²) in [6.45, 7) is 9.31. The van der Waals surface area contributed by atoms with Crippen LogP contribution in [0.15, 0.2) is 59.6 Å². The highest BCUT2D eigenvalue weighted by atomic mass is 16.2. The van der Waals surface area contributed by atoms with Gasteiger partial charge in [0.1, 0.15) is 6.04 Å². The molecule has 7 N–H and O–H groups in total. The van der Waals surface area contributed by atoms with Crippen LogP contribution in [-0.4, -0.2) is 49.0 Å². The summed E-state index contributed by atoms with van der Waals surface area (Å²) < 4.78 is 0. The molecule has 0 aliphatic carbocycles. The van der Waals surface area contributed by atoms with Crippen LogP contribution in [0.25, 0.3) is 11.1 Å². The van der Waals surface area contributed by atoms with Crippen molar-refractivity contribution in [2.45, 2.75) is 77.9 Å². The van der Waals surface area contributed by atoms with Gasteiger partial charge in [-0.1, -0.05) is 82.3 Å². The second-order valence-corrected chi connectivity index (χ2v) is 10.5. The number of hydrogen-bond donors (Lipinski definition) is 5. The van der Waals surface area contributed by atoms with Crippen molar-refractivity contribution in [1.82, 2.24) is 16.0 Å². The Bertz CT molecular complexity index is 1000. The van der Waals surface area contributed by atoms with E-state index in [1.165, 1.54) is 0 Å². The second-order valence-electron chi connectivity index (χ2n) is 10.5. The van der Waals surface area contributed by atoms with Gasteiger partial charge in [0, 0.05) is 19.1 Å². The maximum atomic E-state index is 13.4. The molecule has 2 rings (SSSR count). The molecule has 0 saturated heterocycles. The van der Waals surface area contributed by atoms with Crippen molar-refractivity contribution in [3.63, 3.8) is 0 Å². The quantitative estimate of drug-likeness (QED) is 0.131. The zero-order valence-electron chi connectivity index (χ0n) is 23.4. The zero-order valence-corrected chi connectivity index (χ0v) is 23.4. The van der Waals surface area contributed by atoms with Gasteiger partial charge in [0.15, 0.2) is 5.96 Å². The Hall–Kier alpha value is -3.39. The molecule has 0 unspecified atom stereocenters. The Labute approximate surface area is 228 Å². The summed E-state index contributed by atoms with van der Waals surface area (Å²) >= 11 is 0. The van der Waals surface area contributed by atoms with Gasteiger partial charge in [-0.05, 0) is 54.7 Å². The number of carbonyl (C=O) groups excluding carboxylic acids is 2. The van der Waals surface area contributed by atoms with Crippen molar-refractivity contribution in [3.8, 4) is 11.1 Å². The van der Waals surface area contributed by atoms with Crippen molar-refractivity contribution in [2.75, 3.05) is 13.1 Å². The lowest BCUT2D eigenvalue weighted by molar-refractivity contribution is -0.130. The summed E-state index contributed by atoms with van der Waals surface area (Å²) in [7, 11) is 0. The van der Waals surface area contributed by atoms with Crippen LogP contribution in [0.3, 0.4) is 0 Å². The number of nitrogens with two attached hydrogens (primary N) is 2. The number of amides is 2. The highest BCUT2D eigenvalue weighted by Gasteiger charge is 2.26. The molecule has 0 radical (unpaired) electrons. The SMILES string of the molecule is CC(C)CCCNC(=O)[C@H](CCCN=C(N)N)NC(=O)[C@@H](Cc1ccc(-c2ccccc2)cc1)NC(C)C. The molecule has 2 aromatic rings. The third-order valence-corrected chi connectivity index (χ3v) is 6.19. The van der Waals surface area contributed by atoms with Crippen LogP contribution in [0.4, 0.5) is 0 Å². The molecule has 2 atom stereocenters. The standard InChI is InChI=1S/C30H46N6O2/c1-21(2)10-8-18-33-28(37)26(13-9-19-34-30(31)32)36-29(38)27(35-22(3)4)20-23-14-16-25(17-15-23)24-11-6-5-7-12-24/h5-7,11-12,14-17,21-22,26-27,35H,8-10,13,18-20H2,1-4H3,(H,33,37)(H,36,38)(H4,31,32,34)/t26-,27+/m0/s1. The van der Waals surface area contributed by atoms with Gasteiger partial charge in [-0.2, -0.15) is 0 Å². The predicted molar refractivity (Wildman–Crippen MR) is 157 cm³/mol. The van der Waals surface area contributed by atoms with Crippen LogP contribution in [0, 0.1) is 5.92 Å². The number of hydrogen-bond acceptors (Lipinski definition) is 4. The van der Waals surface area contributed by atoms with Gasteiger partial charge in [-0.3, -0.25) is 14.6 Å². The largest absolute Gasteiger partial charge is 0.370 e. The van der Waals surface area contributed by atoms with Crippen molar-refractivity contribution in [1.29, 1.82) is 0 Å². The summed E-state index contributed by atoms with van der Waals surface area (Å²) in [4.78, 5) is 30.4. The van der Waals surface area contributed by atoms with E-state index in [0.717, 1.165) is 29.5 Å². The third-order valence-electron chi connectivity index (χ3n) is 6.19. The molecule has 0 saturated carbocycles. The molecule has 0 aliphatic heterocycles. The van der Waals surface area contributed by atoms with Gasteiger partial charge in [-0.15, -0.1) is 0 Å². The fourth-order valence-electron chi connectivity index (χ4n) is 4.22. The summed E-state index contributed by atoms with van der Waals surface area (Å²) in [6, 6.07) is 17.4. The minimum Gasteiger partial charge on any atom is -0.370 e. The van der Waals surface area contributed by atoms with Crippen molar-refractivity contribution in [2.24, 2.45) is 22.4 Å². The van der Waals surface area contributed by atoms with Gasteiger partial charge in [0.2, 0.25) is 11.8 Å². The Morgan fingerprint density at radius 1 is 0.816 bits per heavy atom. The summed E-state index contributed by atoms with van der Waals surface area (Å²) in [5.41, 5.74) is 14.2. The van der Waals surface area contributed by atoms with Crippen LogP contribution >= 0.6 is 0 Å². The molecule has 38 heavy (non-hydrogen) atoms. The van der Waals surface area contributed by atoms with Crippen LogP contribution in [0.5, 0.6) is 0 Å². The third kappa shape index (κ3) is 11.8. The van der Waals surface area contributed by atoms with Crippen molar-refractivity contribution in [3.05, 3.63) is 60.2 Å². The van der Waals surface area contributed by atoms with E-state index < -0.39 is 12.1 Å². The molecule has 0 spiro atoms. The van der Waals surface area contributed by atoms with E-state index in [2.05, 4.69) is 71.2 Å². The highest BCUT2D eigenvalue weighted by molar-refractivity contribution is 5.90. The Morgan fingerprint density at radius 2 is 1.47 bits per heavy atom. The fraction of sp³-hybridized carbons (Fsp3) is 0.500. The first-order chi connectivity index (χ1) is 18.2. The first-order valence-corrected chi connectivity index (χ1v) is 13.7. The molecule has 0 fully saturated rings. The molecule has 0 aliphatic rings. The number of nitrogens with one attached hydrogen (secondary N) is 3. The number of guanidine groups is 1. The average molecular weight is 523 g/mol. The Balaban J connectivity index is 2.08. The molecule has 2 aromatic carbocycles.